The quantitative estimate of drug-likeness (QED) is 0.444. The fraction of sp³-hybridized carbons (Fsp3) is 0.381. The average molecular weight is 369 g/mol. The number of hydrogen-bond acceptors (Lipinski definition) is 5. The van der Waals surface area contributed by atoms with Crippen LogP contribution >= 0.6 is 0 Å². The third-order valence-electron chi connectivity index (χ3n) is 4.60. The lowest BCUT2D eigenvalue weighted by atomic mass is 10.1. The Balaban J connectivity index is 1.71. The smallest absolute Gasteiger partial charge is 0.318 e. The second-order valence-electron chi connectivity index (χ2n) is 6.93. The standard InChI is InChI=1S/C21H23NO5/c1-13(2)20(24)26-14(3)27-21(25)16-11-12-22-17(16)9-10-18(22)19(23)15-7-5-4-6-8-15/h4-10,13-14,16H,11-12H2,1-3H3. The van der Waals surface area contributed by atoms with Gasteiger partial charge in [-0.25, -0.2) is 0 Å². The zero-order valence-corrected chi connectivity index (χ0v) is 15.7. The number of carbonyl (C=O) groups is 3. The first kappa shape index (κ1) is 18.9. The number of rotatable bonds is 6. The average Bonchev–Trinajstić information content (AvgIpc) is 3.23. The van der Waals surface area contributed by atoms with Crippen molar-refractivity contribution >= 4 is 17.7 Å². The van der Waals surface area contributed by atoms with Crippen LogP contribution in [-0.2, 0) is 25.6 Å². The minimum absolute atomic E-state index is 0.0740. The van der Waals surface area contributed by atoms with Gasteiger partial charge in [-0.1, -0.05) is 44.2 Å². The summed E-state index contributed by atoms with van der Waals surface area (Å²) in [5, 5.41) is 0. The van der Waals surface area contributed by atoms with Crippen LogP contribution in [-0.4, -0.2) is 28.6 Å². The van der Waals surface area contributed by atoms with Crippen molar-refractivity contribution in [3.63, 3.8) is 0 Å². The van der Waals surface area contributed by atoms with E-state index in [1.54, 1.807) is 38.1 Å². The van der Waals surface area contributed by atoms with Gasteiger partial charge in [0.05, 0.1) is 17.5 Å². The van der Waals surface area contributed by atoms with Gasteiger partial charge >= 0.3 is 11.9 Å². The maximum Gasteiger partial charge on any atom is 0.318 e. The molecule has 142 valence electrons. The van der Waals surface area contributed by atoms with E-state index in [0.717, 1.165) is 5.69 Å². The van der Waals surface area contributed by atoms with Crippen molar-refractivity contribution in [1.82, 2.24) is 4.57 Å². The van der Waals surface area contributed by atoms with Gasteiger partial charge in [0.2, 0.25) is 12.1 Å². The van der Waals surface area contributed by atoms with E-state index in [1.807, 2.05) is 22.8 Å². The van der Waals surface area contributed by atoms with Crippen molar-refractivity contribution in [1.29, 1.82) is 0 Å². The largest absolute Gasteiger partial charge is 0.425 e. The Labute approximate surface area is 158 Å². The Morgan fingerprint density at radius 3 is 2.37 bits per heavy atom. The molecule has 0 spiro atoms. The van der Waals surface area contributed by atoms with Gasteiger partial charge in [-0.3, -0.25) is 14.4 Å². The van der Waals surface area contributed by atoms with Gasteiger partial charge in [0, 0.05) is 24.7 Å². The van der Waals surface area contributed by atoms with Crippen LogP contribution in [0.15, 0.2) is 42.5 Å². The summed E-state index contributed by atoms with van der Waals surface area (Å²) in [6.07, 6.45) is -0.392. The third kappa shape index (κ3) is 3.94. The molecule has 0 radical (unpaired) electrons. The zero-order chi connectivity index (χ0) is 19.6. The summed E-state index contributed by atoms with van der Waals surface area (Å²) in [6, 6.07) is 12.6. The van der Waals surface area contributed by atoms with E-state index >= 15 is 0 Å². The molecule has 0 aliphatic carbocycles. The molecule has 2 unspecified atom stereocenters. The van der Waals surface area contributed by atoms with Crippen molar-refractivity contribution in [2.24, 2.45) is 5.92 Å². The Kier molecular flexibility index (Phi) is 5.44. The number of hydrogen-bond donors (Lipinski definition) is 0. The number of fused-ring (bicyclic) bond motifs is 1. The fourth-order valence-corrected chi connectivity index (χ4v) is 3.19. The molecular formula is C21H23NO5. The predicted octanol–water partition coefficient (Wildman–Crippen LogP) is 3.29. The van der Waals surface area contributed by atoms with E-state index in [2.05, 4.69) is 0 Å². The first-order valence-electron chi connectivity index (χ1n) is 9.08. The van der Waals surface area contributed by atoms with Crippen molar-refractivity contribution in [2.45, 2.75) is 45.9 Å². The van der Waals surface area contributed by atoms with Crippen molar-refractivity contribution < 1.29 is 23.9 Å². The summed E-state index contributed by atoms with van der Waals surface area (Å²) in [4.78, 5) is 36.8. The summed E-state index contributed by atoms with van der Waals surface area (Å²) in [5.74, 6) is -1.70. The number of benzene rings is 1. The van der Waals surface area contributed by atoms with E-state index < -0.39 is 24.1 Å². The Hall–Kier alpha value is -2.89. The molecule has 0 saturated heterocycles. The molecule has 0 bridgehead atoms. The van der Waals surface area contributed by atoms with Crippen LogP contribution < -0.4 is 0 Å². The maximum atomic E-state index is 12.7. The van der Waals surface area contributed by atoms with E-state index in [4.69, 9.17) is 9.47 Å². The van der Waals surface area contributed by atoms with Crippen LogP contribution in [0.1, 0.15) is 54.9 Å². The number of nitrogens with zero attached hydrogens (tertiary/aromatic N) is 1. The molecule has 2 aromatic rings. The van der Waals surface area contributed by atoms with Crippen LogP contribution in [0.4, 0.5) is 0 Å². The summed E-state index contributed by atoms with van der Waals surface area (Å²) >= 11 is 0. The molecule has 0 amide bonds. The van der Waals surface area contributed by atoms with Crippen LogP contribution in [0, 0.1) is 5.92 Å². The SMILES string of the molecule is CC(OC(=O)C(C)C)OC(=O)C1CCn2c(C(=O)c3ccccc3)ccc21. The molecule has 0 fully saturated rings. The third-order valence-corrected chi connectivity index (χ3v) is 4.60. The van der Waals surface area contributed by atoms with E-state index in [0.29, 0.717) is 24.2 Å². The van der Waals surface area contributed by atoms with E-state index in [9.17, 15) is 14.4 Å². The van der Waals surface area contributed by atoms with Gasteiger partial charge < -0.3 is 14.0 Å². The van der Waals surface area contributed by atoms with Crippen LogP contribution in [0.3, 0.4) is 0 Å². The van der Waals surface area contributed by atoms with Crippen LogP contribution in [0.25, 0.3) is 0 Å². The zero-order valence-electron chi connectivity index (χ0n) is 15.7. The number of aromatic nitrogens is 1. The lowest BCUT2D eigenvalue weighted by Crippen LogP contribution is -2.26. The number of carbonyl (C=O) groups excluding carboxylic acids is 3. The molecule has 2 atom stereocenters. The van der Waals surface area contributed by atoms with E-state index in [1.165, 1.54) is 6.92 Å². The Bertz CT molecular complexity index is 853. The molecule has 1 aliphatic heterocycles. The van der Waals surface area contributed by atoms with Crippen molar-refractivity contribution in [3.8, 4) is 0 Å². The van der Waals surface area contributed by atoms with Crippen LogP contribution in [0.5, 0.6) is 0 Å². The van der Waals surface area contributed by atoms with Gasteiger partial charge in [0.25, 0.3) is 0 Å². The van der Waals surface area contributed by atoms with E-state index in [-0.39, 0.29) is 11.7 Å². The van der Waals surface area contributed by atoms with Gasteiger partial charge in [0.1, 0.15) is 0 Å². The molecule has 1 aliphatic rings. The van der Waals surface area contributed by atoms with Crippen molar-refractivity contribution in [3.05, 3.63) is 59.4 Å². The monoisotopic (exact) mass is 369 g/mol. The first-order chi connectivity index (χ1) is 12.9. The second kappa shape index (κ2) is 7.78. The second-order valence-corrected chi connectivity index (χ2v) is 6.93. The lowest BCUT2D eigenvalue weighted by molar-refractivity contribution is -0.187. The highest BCUT2D eigenvalue weighted by molar-refractivity contribution is 6.08. The topological polar surface area (TPSA) is 74.6 Å². The molecule has 2 heterocycles. The highest BCUT2D eigenvalue weighted by atomic mass is 16.7. The van der Waals surface area contributed by atoms with Gasteiger partial charge in [-0.05, 0) is 18.6 Å². The molecule has 1 aromatic heterocycles. The normalized spacial score (nSPS) is 16.7. The number of ketones is 1. The summed E-state index contributed by atoms with van der Waals surface area (Å²) < 4.78 is 12.2. The summed E-state index contributed by atoms with van der Waals surface area (Å²) in [5.41, 5.74) is 1.92. The molecule has 0 saturated carbocycles. The molecule has 0 N–H and O–H groups in total. The van der Waals surface area contributed by atoms with Gasteiger partial charge in [-0.15, -0.1) is 0 Å². The molecule has 3 rings (SSSR count). The Morgan fingerprint density at radius 2 is 1.70 bits per heavy atom. The Morgan fingerprint density at radius 1 is 1.00 bits per heavy atom. The van der Waals surface area contributed by atoms with Gasteiger partial charge in [-0.2, -0.15) is 0 Å². The summed E-state index contributed by atoms with van der Waals surface area (Å²) in [6.45, 7) is 5.52. The molecular weight excluding hydrogens is 346 g/mol. The molecule has 6 heteroatoms. The summed E-state index contributed by atoms with van der Waals surface area (Å²) in [7, 11) is 0. The maximum absolute atomic E-state index is 12.7. The molecule has 27 heavy (non-hydrogen) atoms. The predicted molar refractivity (Wildman–Crippen MR) is 98.1 cm³/mol. The molecule has 1 aromatic carbocycles. The number of ether oxygens (including phenoxy) is 2. The highest BCUT2D eigenvalue weighted by Crippen LogP contribution is 2.32. The van der Waals surface area contributed by atoms with Crippen molar-refractivity contribution in [2.75, 3.05) is 0 Å². The highest BCUT2D eigenvalue weighted by Gasteiger charge is 2.34. The van der Waals surface area contributed by atoms with Crippen LogP contribution in [0.2, 0.25) is 0 Å². The minimum Gasteiger partial charge on any atom is -0.425 e. The lowest BCUT2D eigenvalue weighted by Gasteiger charge is -2.17. The minimum atomic E-state index is -0.943. The fourth-order valence-electron chi connectivity index (χ4n) is 3.19. The molecule has 6 nitrogen and oxygen atoms in total. The van der Waals surface area contributed by atoms with Gasteiger partial charge in [0.15, 0.2) is 0 Å². The number of esters is 2. The first-order valence-corrected chi connectivity index (χ1v) is 9.08.